The predicted octanol–water partition coefficient (Wildman–Crippen LogP) is 2.01. The van der Waals surface area contributed by atoms with Crippen molar-refractivity contribution in [2.24, 2.45) is 17.6 Å². The van der Waals surface area contributed by atoms with E-state index in [2.05, 4.69) is 18.7 Å². The molecule has 0 radical (unpaired) electrons. The molecule has 0 aromatic heterocycles. The van der Waals surface area contributed by atoms with E-state index < -0.39 is 0 Å². The first-order valence-corrected chi connectivity index (χ1v) is 6.62. The van der Waals surface area contributed by atoms with Crippen molar-refractivity contribution in [3.63, 3.8) is 0 Å². The minimum Gasteiger partial charge on any atom is -0.339 e. The Kier molecular flexibility index (Phi) is 5.26. The van der Waals surface area contributed by atoms with Gasteiger partial charge in [-0.25, -0.2) is 0 Å². The molecule has 1 fully saturated rings. The van der Waals surface area contributed by atoms with Crippen LogP contribution < -0.4 is 5.73 Å². The lowest BCUT2D eigenvalue weighted by atomic mass is 9.87. The van der Waals surface area contributed by atoms with Crippen LogP contribution in [0.2, 0.25) is 0 Å². The van der Waals surface area contributed by atoms with Crippen LogP contribution in [0.4, 0.5) is 0 Å². The smallest absolute Gasteiger partial charge is 0.226 e. The highest BCUT2D eigenvalue weighted by atomic mass is 16.2. The van der Waals surface area contributed by atoms with Crippen LogP contribution >= 0.6 is 0 Å². The first kappa shape index (κ1) is 13.5. The van der Waals surface area contributed by atoms with Gasteiger partial charge in [-0.2, -0.15) is 0 Å². The normalized spacial score (nSPS) is 27.9. The predicted molar refractivity (Wildman–Crippen MR) is 67.0 cm³/mol. The van der Waals surface area contributed by atoms with E-state index in [1.165, 1.54) is 6.42 Å². The second kappa shape index (κ2) is 6.24. The van der Waals surface area contributed by atoms with Crippen molar-refractivity contribution in [2.45, 2.75) is 52.5 Å². The van der Waals surface area contributed by atoms with E-state index in [4.69, 9.17) is 5.73 Å². The van der Waals surface area contributed by atoms with Crippen LogP contribution in [0.15, 0.2) is 0 Å². The van der Waals surface area contributed by atoms with Crippen molar-refractivity contribution in [3.05, 3.63) is 0 Å². The maximum absolute atomic E-state index is 12.2. The molecule has 3 unspecified atom stereocenters. The molecule has 0 saturated carbocycles. The van der Waals surface area contributed by atoms with E-state index in [9.17, 15) is 4.79 Å². The van der Waals surface area contributed by atoms with Gasteiger partial charge in [-0.3, -0.25) is 4.79 Å². The number of carbonyl (C=O) groups excluding carboxylic acids is 1. The zero-order chi connectivity index (χ0) is 12.1. The Morgan fingerprint density at radius 2 is 2.25 bits per heavy atom. The van der Waals surface area contributed by atoms with Crippen LogP contribution in [0, 0.1) is 11.8 Å². The molecule has 3 nitrogen and oxygen atoms in total. The SMILES string of the molecule is CCCC1C(C)CCCN1C(=O)C(C)CN. The lowest BCUT2D eigenvalue weighted by Gasteiger charge is -2.41. The Morgan fingerprint density at radius 3 is 2.81 bits per heavy atom. The topological polar surface area (TPSA) is 46.3 Å². The summed E-state index contributed by atoms with van der Waals surface area (Å²) in [6, 6.07) is 0.445. The summed E-state index contributed by atoms with van der Waals surface area (Å²) >= 11 is 0. The molecule has 1 aliphatic rings. The van der Waals surface area contributed by atoms with Crippen LogP contribution in [-0.4, -0.2) is 29.9 Å². The first-order chi connectivity index (χ1) is 7.61. The van der Waals surface area contributed by atoms with Crippen LogP contribution in [0.1, 0.15) is 46.5 Å². The van der Waals surface area contributed by atoms with Gasteiger partial charge in [0.15, 0.2) is 0 Å². The molecular formula is C13H26N2O. The molecule has 94 valence electrons. The van der Waals surface area contributed by atoms with E-state index in [-0.39, 0.29) is 11.8 Å². The Balaban J connectivity index is 2.70. The zero-order valence-corrected chi connectivity index (χ0v) is 10.9. The fourth-order valence-corrected chi connectivity index (χ4v) is 2.64. The van der Waals surface area contributed by atoms with Gasteiger partial charge in [0.1, 0.15) is 0 Å². The third-order valence-electron chi connectivity index (χ3n) is 3.76. The molecule has 0 bridgehead atoms. The number of amides is 1. The number of likely N-dealkylation sites (tertiary alicyclic amines) is 1. The largest absolute Gasteiger partial charge is 0.339 e. The van der Waals surface area contributed by atoms with E-state index in [1.54, 1.807) is 0 Å². The van der Waals surface area contributed by atoms with E-state index >= 15 is 0 Å². The fourth-order valence-electron chi connectivity index (χ4n) is 2.64. The zero-order valence-electron chi connectivity index (χ0n) is 10.9. The Hall–Kier alpha value is -0.570. The number of nitrogens with zero attached hydrogens (tertiary/aromatic N) is 1. The van der Waals surface area contributed by atoms with Crippen molar-refractivity contribution in [1.82, 2.24) is 4.90 Å². The fraction of sp³-hybridized carbons (Fsp3) is 0.923. The molecule has 1 amide bonds. The molecule has 1 aliphatic heterocycles. The molecular weight excluding hydrogens is 200 g/mol. The summed E-state index contributed by atoms with van der Waals surface area (Å²) in [5.74, 6) is 0.875. The van der Waals surface area contributed by atoms with Gasteiger partial charge >= 0.3 is 0 Å². The van der Waals surface area contributed by atoms with Crippen molar-refractivity contribution in [1.29, 1.82) is 0 Å². The van der Waals surface area contributed by atoms with Crippen molar-refractivity contribution in [3.8, 4) is 0 Å². The van der Waals surface area contributed by atoms with Crippen LogP contribution in [0.3, 0.4) is 0 Å². The molecule has 3 atom stereocenters. The summed E-state index contributed by atoms with van der Waals surface area (Å²) in [5, 5.41) is 0. The van der Waals surface area contributed by atoms with E-state index in [1.807, 2.05) is 6.92 Å². The van der Waals surface area contributed by atoms with Crippen molar-refractivity contribution < 1.29 is 4.79 Å². The van der Waals surface area contributed by atoms with Crippen molar-refractivity contribution in [2.75, 3.05) is 13.1 Å². The van der Waals surface area contributed by atoms with Crippen LogP contribution in [-0.2, 0) is 4.79 Å². The molecule has 1 saturated heterocycles. The molecule has 3 heteroatoms. The summed E-state index contributed by atoms with van der Waals surface area (Å²) in [7, 11) is 0. The van der Waals surface area contributed by atoms with Crippen LogP contribution in [0.25, 0.3) is 0 Å². The molecule has 0 spiro atoms. The van der Waals surface area contributed by atoms with Gasteiger partial charge in [-0.1, -0.05) is 27.2 Å². The Morgan fingerprint density at radius 1 is 1.56 bits per heavy atom. The number of rotatable bonds is 4. The highest BCUT2D eigenvalue weighted by molar-refractivity contribution is 5.79. The average Bonchev–Trinajstić information content (AvgIpc) is 2.30. The lowest BCUT2D eigenvalue weighted by molar-refractivity contribution is -0.140. The summed E-state index contributed by atoms with van der Waals surface area (Å²) < 4.78 is 0. The van der Waals surface area contributed by atoms with E-state index in [0.29, 0.717) is 18.5 Å². The van der Waals surface area contributed by atoms with E-state index in [0.717, 1.165) is 25.8 Å². The maximum Gasteiger partial charge on any atom is 0.226 e. The van der Waals surface area contributed by atoms with Gasteiger partial charge in [-0.15, -0.1) is 0 Å². The average molecular weight is 226 g/mol. The molecule has 1 rings (SSSR count). The molecule has 0 aromatic carbocycles. The number of nitrogens with two attached hydrogens (primary N) is 1. The second-order valence-electron chi connectivity index (χ2n) is 5.14. The minimum atomic E-state index is -0.0235. The van der Waals surface area contributed by atoms with Gasteiger partial charge < -0.3 is 10.6 Å². The van der Waals surface area contributed by atoms with Crippen molar-refractivity contribution >= 4 is 5.91 Å². The second-order valence-corrected chi connectivity index (χ2v) is 5.14. The number of piperidine rings is 1. The standard InChI is InChI=1S/C13H26N2O/c1-4-6-12-10(2)7-5-8-15(12)13(16)11(3)9-14/h10-12H,4-9,14H2,1-3H3. The quantitative estimate of drug-likeness (QED) is 0.797. The highest BCUT2D eigenvalue weighted by Crippen LogP contribution is 2.27. The molecule has 0 aliphatic carbocycles. The molecule has 0 aromatic rings. The highest BCUT2D eigenvalue weighted by Gasteiger charge is 2.32. The number of hydrogen-bond donors (Lipinski definition) is 1. The molecule has 1 heterocycles. The summed E-state index contributed by atoms with van der Waals surface area (Å²) in [5.41, 5.74) is 5.59. The Bertz CT molecular complexity index is 230. The van der Waals surface area contributed by atoms with Gasteiger partial charge in [0.25, 0.3) is 0 Å². The van der Waals surface area contributed by atoms with Crippen LogP contribution in [0.5, 0.6) is 0 Å². The summed E-state index contributed by atoms with van der Waals surface area (Å²) in [4.78, 5) is 14.3. The third-order valence-corrected chi connectivity index (χ3v) is 3.76. The maximum atomic E-state index is 12.2. The first-order valence-electron chi connectivity index (χ1n) is 6.62. The van der Waals surface area contributed by atoms with Gasteiger partial charge in [0.05, 0.1) is 0 Å². The number of carbonyl (C=O) groups is 1. The Labute approximate surface area is 99.4 Å². The third kappa shape index (κ3) is 2.97. The molecule has 2 N–H and O–H groups in total. The summed E-state index contributed by atoms with van der Waals surface area (Å²) in [6.45, 7) is 7.79. The van der Waals surface area contributed by atoms with Gasteiger partial charge in [-0.05, 0) is 25.2 Å². The number of hydrogen-bond acceptors (Lipinski definition) is 2. The van der Waals surface area contributed by atoms with Gasteiger partial charge in [0.2, 0.25) is 5.91 Å². The minimum absolute atomic E-state index is 0.0235. The monoisotopic (exact) mass is 226 g/mol. The summed E-state index contributed by atoms with van der Waals surface area (Å²) in [6.07, 6.45) is 4.68. The molecule has 16 heavy (non-hydrogen) atoms. The lowest BCUT2D eigenvalue weighted by Crippen LogP contribution is -2.50. The van der Waals surface area contributed by atoms with Gasteiger partial charge in [0, 0.05) is 25.0 Å².